The zero-order valence-corrected chi connectivity index (χ0v) is 7.52. The maximum absolute atomic E-state index is 5.38. The average molecular weight is 211 g/mol. The van der Waals surface area contributed by atoms with Crippen molar-refractivity contribution in [1.82, 2.24) is 0 Å². The summed E-state index contributed by atoms with van der Waals surface area (Å²) in [6, 6.07) is 3.82. The summed E-state index contributed by atoms with van der Waals surface area (Å²) in [5.74, 6) is 3.69. The zero-order chi connectivity index (χ0) is 7.90. The zero-order valence-electron chi connectivity index (χ0n) is 5.93. The first kappa shape index (κ1) is 7.00. The minimum Gasteiger partial charge on any atom is -0.453 e. The van der Waals surface area contributed by atoms with E-state index in [1.54, 1.807) is 0 Å². The summed E-state index contributed by atoms with van der Waals surface area (Å²) < 4.78 is 6.13. The number of furan rings is 1. The van der Waals surface area contributed by atoms with Gasteiger partial charge in [0.2, 0.25) is 0 Å². The van der Waals surface area contributed by atoms with Crippen molar-refractivity contribution in [2.24, 2.45) is 0 Å². The fourth-order valence-corrected chi connectivity index (χ4v) is 1.46. The molecule has 1 aromatic rings. The third-order valence-corrected chi connectivity index (χ3v) is 2.50. The molecule has 0 amide bonds. The van der Waals surface area contributed by atoms with E-state index in [2.05, 4.69) is 21.9 Å². The highest BCUT2D eigenvalue weighted by Crippen LogP contribution is 2.48. The van der Waals surface area contributed by atoms with Gasteiger partial charge in [-0.3, -0.25) is 0 Å². The molecule has 0 N–H and O–H groups in total. The molecule has 0 atom stereocenters. The molecule has 1 nitrogen and oxygen atoms in total. The summed E-state index contributed by atoms with van der Waals surface area (Å²) in [5, 5.41) is 0. The number of hydrogen-bond donors (Lipinski definition) is 0. The maximum atomic E-state index is 5.38. The smallest absolute Gasteiger partial charge is 0.169 e. The van der Waals surface area contributed by atoms with Gasteiger partial charge < -0.3 is 4.42 Å². The van der Waals surface area contributed by atoms with Crippen molar-refractivity contribution in [3.63, 3.8) is 0 Å². The van der Waals surface area contributed by atoms with Gasteiger partial charge in [0, 0.05) is 0 Å². The molecule has 1 heterocycles. The van der Waals surface area contributed by atoms with E-state index in [9.17, 15) is 0 Å². The third kappa shape index (κ3) is 1.00. The minimum atomic E-state index is -0.0635. The summed E-state index contributed by atoms with van der Waals surface area (Å²) in [6.45, 7) is 0. The Morgan fingerprint density at radius 2 is 2.27 bits per heavy atom. The lowest BCUT2D eigenvalue weighted by Gasteiger charge is -2.00. The normalized spacial score (nSPS) is 19.3. The van der Waals surface area contributed by atoms with Gasteiger partial charge in [-0.15, -0.1) is 6.42 Å². The van der Waals surface area contributed by atoms with Crippen molar-refractivity contribution in [1.29, 1.82) is 0 Å². The third-order valence-electron chi connectivity index (χ3n) is 2.07. The van der Waals surface area contributed by atoms with E-state index < -0.39 is 0 Å². The molecular weight excluding hydrogens is 204 g/mol. The topological polar surface area (TPSA) is 13.1 Å². The molecule has 0 bridgehead atoms. The molecule has 0 spiro atoms. The summed E-state index contributed by atoms with van der Waals surface area (Å²) in [7, 11) is 0. The van der Waals surface area contributed by atoms with Crippen LogP contribution < -0.4 is 0 Å². The molecule has 56 valence electrons. The molecule has 2 rings (SSSR count). The summed E-state index contributed by atoms with van der Waals surface area (Å²) in [4.78, 5) is 0. The highest BCUT2D eigenvalue weighted by atomic mass is 79.9. The Labute approximate surface area is 73.9 Å². The first-order chi connectivity index (χ1) is 5.27. The quantitative estimate of drug-likeness (QED) is 0.651. The summed E-state index contributed by atoms with van der Waals surface area (Å²) in [6.07, 6.45) is 7.50. The van der Waals surface area contributed by atoms with Crippen LogP contribution in [-0.2, 0) is 5.41 Å². The van der Waals surface area contributed by atoms with Crippen LogP contribution in [0.15, 0.2) is 21.2 Å². The molecule has 1 aliphatic rings. The second-order valence-corrected chi connectivity index (χ2v) is 3.61. The van der Waals surface area contributed by atoms with Crippen LogP contribution in [0.2, 0.25) is 0 Å². The summed E-state index contributed by atoms with van der Waals surface area (Å²) in [5.41, 5.74) is -0.0635. The Hall–Kier alpha value is -0.680. The molecule has 1 aromatic heterocycles. The Bertz CT molecular complexity index is 315. The van der Waals surface area contributed by atoms with Crippen LogP contribution in [-0.4, -0.2) is 0 Å². The lowest BCUT2D eigenvalue weighted by molar-refractivity contribution is 0.469. The van der Waals surface area contributed by atoms with Crippen LogP contribution in [0.1, 0.15) is 18.6 Å². The van der Waals surface area contributed by atoms with Crippen molar-refractivity contribution in [2.75, 3.05) is 0 Å². The Balaban J connectivity index is 2.38. The van der Waals surface area contributed by atoms with Crippen molar-refractivity contribution >= 4 is 15.9 Å². The Kier molecular flexibility index (Phi) is 1.37. The van der Waals surface area contributed by atoms with E-state index in [0.717, 1.165) is 23.3 Å². The molecule has 2 heteroatoms. The maximum Gasteiger partial charge on any atom is 0.169 e. The molecular formula is C9H7BrO. The van der Waals surface area contributed by atoms with Gasteiger partial charge in [0.25, 0.3) is 0 Å². The lowest BCUT2D eigenvalue weighted by atomic mass is 10.1. The number of hydrogen-bond acceptors (Lipinski definition) is 1. The van der Waals surface area contributed by atoms with E-state index in [1.165, 1.54) is 0 Å². The fraction of sp³-hybridized carbons (Fsp3) is 0.333. The first-order valence-corrected chi connectivity index (χ1v) is 4.30. The van der Waals surface area contributed by atoms with Gasteiger partial charge in [0.05, 0.1) is 5.41 Å². The molecule has 0 saturated heterocycles. The van der Waals surface area contributed by atoms with Gasteiger partial charge in [-0.25, -0.2) is 0 Å². The van der Waals surface area contributed by atoms with Gasteiger partial charge in [-0.2, -0.15) is 0 Å². The number of rotatable bonds is 1. The van der Waals surface area contributed by atoms with E-state index in [-0.39, 0.29) is 5.41 Å². The van der Waals surface area contributed by atoms with Gasteiger partial charge in [-0.1, -0.05) is 5.92 Å². The molecule has 0 radical (unpaired) electrons. The van der Waals surface area contributed by atoms with Gasteiger partial charge >= 0.3 is 0 Å². The Morgan fingerprint density at radius 1 is 1.55 bits per heavy atom. The molecule has 0 unspecified atom stereocenters. The van der Waals surface area contributed by atoms with Crippen LogP contribution in [0.25, 0.3) is 0 Å². The van der Waals surface area contributed by atoms with Crippen molar-refractivity contribution in [3.8, 4) is 12.3 Å². The van der Waals surface area contributed by atoms with Crippen LogP contribution in [0.5, 0.6) is 0 Å². The van der Waals surface area contributed by atoms with Crippen LogP contribution in [0.4, 0.5) is 0 Å². The van der Waals surface area contributed by atoms with E-state index >= 15 is 0 Å². The van der Waals surface area contributed by atoms with Gasteiger partial charge in [-0.05, 0) is 40.9 Å². The molecule has 11 heavy (non-hydrogen) atoms. The predicted molar refractivity (Wildman–Crippen MR) is 46.2 cm³/mol. The molecule has 1 aliphatic carbocycles. The molecule has 1 fully saturated rings. The van der Waals surface area contributed by atoms with E-state index in [4.69, 9.17) is 10.8 Å². The van der Waals surface area contributed by atoms with Crippen LogP contribution in [0.3, 0.4) is 0 Å². The average Bonchev–Trinajstić information content (AvgIpc) is 2.70. The van der Waals surface area contributed by atoms with Crippen molar-refractivity contribution in [2.45, 2.75) is 18.3 Å². The number of terminal acetylenes is 1. The fourth-order valence-electron chi connectivity index (χ4n) is 1.16. The first-order valence-electron chi connectivity index (χ1n) is 3.50. The lowest BCUT2D eigenvalue weighted by Crippen LogP contribution is -1.99. The van der Waals surface area contributed by atoms with Crippen molar-refractivity contribution in [3.05, 3.63) is 22.6 Å². The largest absolute Gasteiger partial charge is 0.453 e. The summed E-state index contributed by atoms with van der Waals surface area (Å²) >= 11 is 3.25. The second kappa shape index (κ2) is 2.15. The monoisotopic (exact) mass is 210 g/mol. The second-order valence-electron chi connectivity index (χ2n) is 2.83. The Morgan fingerprint density at radius 3 is 2.64 bits per heavy atom. The minimum absolute atomic E-state index is 0.0635. The molecule has 0 aromatic carbocycles. The molecule has 1 saturated carbocycles. The van der Waals surface area contributed by atoms with E-state index in [1.807, 2.05) is 12.1 Å². The molecule has 0 aliphatic heterocycles. The predicted octanol–water partition coefficient (Wildman–Crippen LogP) is 2.71. The van der Waals surface area contributed by atoms with Crippen LogP contribution in [0, 0.1) is 12.3 Å². The van der Waals surface area contributed by atoms with Crippen molar-refractivity contribution < 1.29 is 4.42 Å². The standard InChI is InChI=1S/C9H7BrO/c1-2-9(5-6-9)7-3-4-8(10)11-7/h1,3-4H,5-6H2. The highest BCUT2D eigenvalue weighted by molar-refractivity contribution is 9.10. The SMILES string of the molecule is C#CC1(c2ccc(Br)o2)CC1. The van der Waals surface area contributed by atoms with E-state index in [0.29, 0.717) is 0 Å². The van der Waals surface area contributed by atoms with Gasteiger partial charge in [0.15, 0.2) is 4.67 Å². The van der Waals surface area contributed by atoms with Crippen LogP contribution >= 0.6 is 15.9 Å². The number of halogens is 1. The van der Waals surface area contributed by atoms with Gasteiger partial charge in [0.1, 0.15) is 5.76 Å². The highest BCUT2D eigenvalue weighted by Gasteiger charge is 2.45.